The second-order valence-corrected chi connectivity index (χ2v) is 4.95. The van der Waals surface area contributed by atoms with Crippen LogP contribution in [0.2, 0.25) is 0 Å². The monoisotopic (exact) mass is 233 g/mol. The molecule has 2 aliphatic heterocycles. The van der Waals surface area contributed by atoms with Gasteiger partial charge in [-0.05, 0) is 18.7 Å². The van der Waals surface area contributed by atoms with E-state index in [2.05, 4.69) is 11.8 Å². The van der Waals surface area contributed by atoms with Crippen LogP contribution in [0.5, 0.6) is 11.5 Å². The Kier molecular flexibility index (Phi) is 2.71. The Balaban J connectivity index is 1.75. The number of hydrogen-bond donors (Lipinski definition) is 0. The van der Waals surface area contributed by atoms with Crippen molar-refractivity contribution < 1.29 is 9.47 Å². The van der Waals surface area contributed by atoms with Gasteiger partial charge >= 0.3 is 0 Å². The number of ether oxygens (including phenoxy) is 2. The standard InChI is InChI=1S/C14H19NO2/c1-2-15-9-7-14(8-10-15)11-16-12-5-3-4-6-13(12)17-14/h3-6H,2,7-11H2,1H3. The number of likely N-dealkylation sites (tertiary alicyclic amines) is 1. The predicted molar refractivity (Wildman–Crippen MR) is 66.6 cm³/mol. The lowest BCUT2D eigenvalue weighted by molar-refractivity contribution is -0.0513. The summed E-state index contributed by atoms with van der Waals surface area (Å²) in [6, 6.07) is 7.97. The number of benzene rings is 1. The molecule has 3 nitrogen and oxygen atoms in total. The van der Waals surface area contributed by atoms with Crippen LogP contribution < -0.4 is 9.47 Å². The van der Waals surface area contributed by atoms with Crippen LogP contribution >= 0.6 is 0 Å². The average molecular weight is 233 g/mol. The normalized spacial score (nSPS) is 22.6. The van der Waals surface area contributed by atoms with Gasteiger partial charge in [0.2, 0.25) is 0 Å². The molecular formula is C14H19NO2. The van der Waals surface area contributed by atoms with Gasteiger partial charge in [0.1, 0.15) is 12.2 Å². The molecule has 0 N–H and O–H groups in total. The molecule has 0 aliphatic carbocycles. The van der Waals surface area contributed by atoms with Crippen LogP contribution in [-0.4, -0.2) is 36.7 Å². The zero-order valence-electron chi connectivity index (χ0n) is 10.3. The molecule has 1 saturated heterocycles. The fraction of sp³-hybridized carbons (Fsp3) is 0.571. The summed E-state index contributed by atoms with van der Waals surface area (Å²) in [4.78, 5) is 2.47. The highest BCUT2D eigenvalue weighted by Gasteiger charge is 2.40. The van der Waals surface area contributed by atoms with Crippen LogP contribution in [0.1, 0.15) is 19.8 Å². The summed E-state index contributed by atoms with van der Waals surface area (Å²) < 4.78 is 12.0. The predicted octanol–water partition coefficient (Wildman–Crippen LogP) is 2.31. The first-order valence-corrected chi connectivity index (χ1v) is 6.44. The molecule has 0 aromatic heterocycles. The van der Waals surface area contributed by atoms with Gasteiger partial charge in [0, 0.05) is 25.9 Å². The molecule has 2 heterocycles. The first-order chi connectivity index (χ1) is 8.31. The van der Waals surface area contributed by atoms with E-state index in [0.29, 0.717) is 6.61 Å². The second kappa shape index (κ2) is 4.22. The van der Waals surface area contributed by atoms with Crippen LogP contribution in [0.15, 0.2) is 24.3 Å². The Bertz CT molecular complexity index is 397. The van der Waals surface area contributed by atoms with Crippen LogP contribution in [0.3, 0.4) is 0 Å². The molecule has 0 radical (unpaired) electrons. The van der Waals surface area contributed by atoms with E-state index in [1.807, 2.05) is 24.3 Å². The third-order valence-corrected chi connectivity index (χ3v) is 3.88. The van der Waals surface area contributed by atoms with E-state index < -0.39 is 0 Å². The largest absolute Gasteiger partial charge is 0.486 e. The molecule has 0 saturated carbocycles. The van der Waals surface area contributed by atoms with Gasteiger partial charge in [0.15, 0.2) is 11.5 Å². The van der Waals surface area contributed by atoms with E-state index in [4.69, 9.17) is 9.47 Å². The maximum Gasteiger partial charge on any atom is 0.162 e. The summed E-state index contributed by atoms with van der Waals surface area (Å²) in [7, 11) is 0. The molecule has 1 aromatic carbocycles. The molecule has 3 rings (SSSR count). The van der Waals surface area contributed by atoms with Crippen molar-refractivity contribution >= 4 is 0 Å². The Hall–Kier alpha value is -1.22. The average Bonchev–Trinajstić information content (AvgIpc) is 2.40. The highest BCUT2D eigenvalue weighted by molar-refractivity contribution is 5.41. The highest BCUT2D eigenvalue weighted by atomic mass is 16.6. The van der Waals surface area contributed by atoms with Crippen molar-refractivity contribution in [2.24, 2.45) is 0 Å². The molecule has 0 amide bonds. The van der Waals surface area contributed by atoms with Crippen LogP contribution in [0.4, 0.5) is 0 Å². The molecule has 0 bridgehead atoms. The quantitative estimate of drug-likeness (QED) is 0.743. The van der Waals surface area contributed by atoms with Crippen molar-refractivity contribution in [2.75, 3.05) is 26.2 Å². The Labute approximate surface area is 102 Å². The van der Waals surface area contributed by atoms with Gasteiger partial charge in [-0.1, -0.05) is 19.1 Å². The SMILES string of the molecule is CCN1CCC2(CC1)COc1ccccc1O2. The van der Waals surface area contributed by atoms with Crippen LogP contribution in [-0.2, 0) is 0 Å². The van der Waals surface area contributed by atoms with E-state index in [0.717, 1.165) is 44.0 Å². The van der Waals surface area contributed by atoms with Gasteiger partial charge in [-0.2, -0.15) is 0 Å². The van der Waals surface area contributed by atoms with Crippen molar-refractivity contribution in [3.63, 3.8) is 0 Å². The first kappa shape index (κ1) is 10.9. The number of nitrogens with zero attached hydrogens (tertiary/aromatic N) is 1. The van der Waals surface area contributed by atoms with E-state index in [1.54, 1.807) is 0 Å². The molecule has 0 unspecified atom stereocenters. The zero-order valence-corrected chi connectivity index (χ0v) is 10.3. The smallest absolute Gasteiger partial charge is 0.162 e. The van der Waals surface area contributed by atoms with Crippen molar-refractivity contribution in [3.05, 3.63) is 24.3 Å². The Morgan fingerprint density at radius 2 is 1.88 bits per heavy atom. The summed E-state index contributed by atoms with van der Waals surface area (Å²) >= 11 is 0. The Morgan fingerprint density at radius 1 is 1.18 bits per heavy atom. The van der Waals surface area contributed by atoms with Gasteiger partial charge in [-0.3, -0.25) is 0 Å². The summed E-state index contributed by atoms with van der Waals surface area (Å²) in [6.45, 7) is 6.27. The molecule has 0 atom stereocenters. The number of piperidine rings is 1. The Morgan fingerprint density at radius 3 is 2.59 bits per heavy atom. The molecule has 2 aliphatic rings. The maximum absolute atomic E-state index is 6.20. The zero-order chi connectivity index (χ0) is 11.7. The summed E-state index contributed by atoms with van der Waals surface area (Å²) in [5, 5.41) is 0. The minimum Gasteiger partial charge on any atom is -0.486 e. The van der Waals surface area contributed by atoms with Gasteiger partial charge < -0.3 is 14.4 Å². The van der Waals surface area contributed by atoms with Gasteiger partial charge in [-0.15, -0.1) is 0 Å². The number of para-hydroxylation sites is 2. The van der Waals surface area contributed by atoms with E-state index >= 15 is 0 Å². The minimum atomic E-state index is -0.0833. The van der Waals surface area contributed by atoms with E-state index in [1.165, 1.54) is 0 Å². The second-order valence-electron chi connectivity index (χ2n) is 4.95. The molecule has 1 aromatic rings. The lowest BCUT2D eigenvalue weighted by Crippen LogP contribution is -2.53. The lowest BCUT2D eigenvalue weighted by atomic mass is 9.91. The third-order valence-electron chi connectivity index (χ3n) is 3.88. The van der Waals surface area contributed by atoms with Crippen molar-refractivity contribution in [2.45, 2.75) is 25.4 Å². The molecule has 3 heteroatoms. The van der Waals surface area contributed by atoms with Crippen molar-refractivity contribution in [1.82, 2.24) is 4.90 Å². The number of rotatable bonds is 1. The highest BCUT2D eigenvalue weighted by Crippen LogP contribution is 2.39. The van der Waals surface area contributed by atoms with E-state index in [-0.39, 0.29) is 5.60 Å². The van der Waals surface area contributed by atoms with Crippen LogP contribution in [0.25, 0.3) is 0 Å². The van der Waals surface area contributed by atoms with Gasteiger partial charge in [0.05, 0.1) is 0 Å². The van der Waals surface area contributed by atoms with E-state index in [9.17, 15) is 0 Å². The molecule has 1 spiro atoms. The first-order valence-electron chi connectivity index (χ1n) is 6.44. The summed E-state index contributed by atoms with van der Waals surface area (Å²) in [6.07, 6.45) is 2.13. The van der Waals surface area contributed by atoms with Crippen molar-refractivity contribution in [3.8, 4) is 11.5 Å². The minimum absolute atomic E-state index is 0.0833. The fourth-order valence-electron chi connectivity index (χ4n) is 2.65. The molecular weight excluding hydrogens is 214 g/mol. The summed E-state index contributed by atoms with van der Waals surface area (Å²) in [5.41, 5.74) is -0.0833. The van der Waals surface area contributed by atoms with Crippen LogP contribution in [0, 0.1) is 0 Å². The third kappa shape index (κ3) is 2.00. The molecule has 92 valence electrons. The molecule has 1 fully saturated rings. The van der Waals surface area contributed by atoms with Crippen molar-refractivity contribution in [1.29, 1.82) is 0 Å². The summed E-state index contributed by atoms with van der Waals surface area (Å²) in [5.74, 6) is 1.79. The number of hydrogen-bond acceptors (Lipinski definition) is 3. The van der Waals surface area contributed by atoms with Gasteiger partial charge in [0.25, 0.3) is 0 Å². The fourth-order valence-corrected chi connectivity index (χ4v) is 2.65. The molecule has 17 heavy (non-hydrogen) atoms. The topological polar surface area (TPSA) is 21.7 Å². The maximum atomic E-state index is 6.20. The lowest BCUT2D eigenvalue weighted by Gasteiger charge is -2.43. The number of fused-ring (bicyclic) bond motifs is 1. The van der Waals surface area contributed by atoms with Gasteiger partial charge in [-0.25, -0.2) is 0 Å².